The third-order valence-corrected chi connectivity index (χ3v) is 6.87. The van der Waals surface area contributed by atoms with E-state index in [0.717, 1.165) is 44.0 Å². The second kappa shape index (κ2) is 16.5. The van der Waals surface area contributed by atoms with Crippen molar-refractivity contribution in [3.8, 4) is 16.9 Å². The van der Waals surface area contributed by atoms with Crippen molar-refractivity contribution in [1.29, 1.82) is 0 Å². The maximum absolute atomic E-state index is 6.06. The van der Waals surface area contributed by atoms with Gasteiger partial charge in [0.15, 0.2) is 6.29 Å². The van der Waals surface area contributed by atoms with Gasteiger partial charge in [-0.15, -0.1) is 6.58 Å². The van der Waals surface area contributed by atoms with Crippen molar-refractivity contribution in [2.24, 2.45) is 5.92 Å². The number of rotatable bonds is 17. The predicted molar refractivity (Wildman–Crippen MR) is 147 cm³/mol. The highest BCUT2D eigenvalue weighted by Crippen LogP contribution is 2.30. The third-order valence-electron chi connectivity index (χ3n) is 6.87. The van der Waals surface area contributed by atoms with Crippen LogP contribution >= 0.6 is 0 Å². The number of benzene rings is 2. The Bertz CT molecular complexity index is 804. The fraction of sp³-hybridized carbons (Fsp3) is 0.562. The molecule has 35 heavy (non-hydrogen) atoms. The summed E-state index contributed by atoms with van der Waals surface area (Å²) in [5.74, 6) is 1.48. The Morgan fingerprint density at radius 3 is 2.06 bits per heavy atom. The maximum Gasteiger partial charge on any atom is 0.183 e. The fourth-order valence-electron chi connectivity index (χ4n) is 4.63. The highest BCUT2D eigenvalue weighted by molar-refractivity contribution is 5.64. The lowest BCUT2D eigenvalue weighted by molar-refractivity contribution is -0.206. The lowest BCUT2D eigenvalue weighted by atomic mass is 10.0. The summed E-state index contributed by atoms with van der Waals surface area (Å²) in [6.45, 7) is 8.43. The summed E-state index contributed by atoms with van der Waals surface area (Å²) < 4.78 is 18.0. The van der Waals surface area contributed by atoms with E-state index >= 15 is 0 Å². The van der Waals surface area contributed by atoms with Gasteiger partial charge in [-0.1, -0.05) is 101 Å². The Hall–Kier alpha value is -2.10. The zero-order chi connectivity index (χ0) is 24.6. The molecule has 1 saturated heterocycles. The zero-order valence-electron chi connectivity index (χ0n) is 21.9. The van der Waals surface area contributed by atoms with Crippen LogP contribution in [0.15, 0.2) is 61.2 Å². The molecule has 3 heteroatoms. The smallest absolute Gasteiger partial charge is 0.183 e. The minimum atomic E-state index is -0.239. The van der Waals surface area contributed by atoms with Crippen molar-refractivity contribution in [3.63, 3.8) is 0 Å². The standard InChI is InChI=1S/C32H46O3/c1-3-5-7-9-11-13-15-27-25-34-32(35-26-27)30-18-16-28(17-19-30)29-20-22-31(23-21-29)33-24-14-12-10-8-6-4-2/h4,16-23,27,32H,2-3,5-15,24-26H2,1H3/t27-,32-. The maximum atomic E-state index is 6.06. The first-order valence-electron chi connectivity index (χ1n) is 14.0. The molecule has 192 valence electrons. The molecular weight excluding hydrogens is 432 g/mol. The molecule has 1 aliphatic heterocycles. The molecule has 0 atom stereocenters. The molecule has 0 aliphatic carbocycles. The van der Waals surface area contributed by atoms with Crippen molar-refractivity contribution in [1.82, 2.24) is 0 Å². The van der Waals surface area contributed by atoms with E-state index in [1.165, 1.54) is 75.3 Å². The first-order valence-corrected chi connectivity index (χ1v) is 14.0. The van der Waals surface area contributed by atoms with Crippen molar-refractivity contribution < 1.29 is 14.2 Å². The van der Waals surface area contributed by atoms with E-state index in [0.29, 0.717) is 5.92 Å². The van der Waals surface area contributed by atoms with Crippen LogP contribution in [0.5, 0.6) is 5.75 Å². The van der Waals surface area contributed by atoms with Crippen LogP contribution in [0, 0.1) is 5.92 Å². The monoisotopic (exact) mass is 478 g/mol. The number of ether oxygens (including phenoxy) is 3. The summed E-state index contributed by atoms with van der Waals surface area (Å²) in [5, 5.41) is 0. The van der Waals surface area contributed by atoms with E-state index in [2.05, 4.69) is 62.0 Å². The summed E-state index contributed by atoms with van der Waals surface area (Å²) in [5.41, 5.74) is 3.48. The van der Waals surface area contributed by atoms with Gasteiger partial charge in [0.05, 0.1) is 19.8 Å². The molecule has 0 unspecified atom stereocenters. The number of unbranched alkanes of at least 4 members (excludes halogenated alkanes) is 9. The van der Waals surface area contributed by atoms with Gasteiger partial charge in [-0.05, 0) is 48.9 Å². The molecule has 2 aromatic carbocycles. The fourth-order valence-corrected chi connectivity index (χ4v) is 4.63. The Morgan fingerprint density at radius 2 is 1.37 bits per heavy atom. The summed E-state index contributed by atoms with van der Waals surface area (Å²) in [6.07, 6.45) is 16.9. The SMILES string of the molecule is C=CCCCCCCOc1ccc(-c2ccc([C@H]3OC[C@H](CCCCCCCC)CO3)cc2)cc1. The van der Waals surface area contributed by atoms with E-state index in [9.17, 15) is 0 Å². The molecule has 1 heterocycles. The highest BCUT2D eigenvalue weighted by atomic mass is 16.7. The van der Waals surface area contributed by atoms with Crippen LogP contribution in [0.4, 0.5) is 0 Å². The van der Waals surface area contributed by atoms with E-state index in [4.69, 9.17) is 14.2 Å². The topological polar surface area (TPSA) is 27.7 Å². The van der Waals surface area contributed by atoms with Gasteiger partial charge in [0.1, 0.15) is 5.75 Å². The zero-order valence-corrected chi connectivity index (χ0v) is 21.9. The summed E-state index contributed by atoms with van der Waals surface area (Å²) in [7, 11) is 0. The minimum absolute atomic E-state index is 0.239. The lowest BCUT2D eigenvalue weighted by Crippen LogP contribution is -2.27. The number of hydrogen-bond acceptors (Lipinski definition) is 3. The Morgan fingerprint density at radius 1 is 0.771 bits per heavy atom. The summed E-state index contributed by atoms with van der Waals surface area (Å²) in [6, 6.07) is 17.0. The van der Waals surface area contributed by atoms with Gasteiger partial charge in [0.25, 0.3) is 0 Å². The van der Waals surface area contributed by atoms with Gasteiger partial charge in [-0.3, -0.25) is 0 Å². The largest absolute Gasteiger partial charge is 0.494 e. The first-order chi connectivity index (χ1) is 17.3. The van der Waals surface area contributed by atoms with Crippen LogP contribution in [0.25, 0.3) is 11.1 Å². The van der Waals surface area contributed by atoms with E-state index in [1.807, 2.05) is 6.08 Å². The van der Waals surface area contributed by atoms with Crippen LogP contribution in [0.1, 0.15) is 95.8 Å². The predicted octanol–water partition coefficient (Wildman–Crippen LogP) is 9.28. The second-order valence-corrected chi connectivity index (χ2v) is 9.91. The average molecular weight is 479 g/mol. The molecule has 0 radical (unpaired) electrons. The van der Waals surface area contributed by atoms with Crippen LogP contribution in [0.2, 0.25) is 0 Å². The Kier molecular flexibility index (Phi) is 13.0. The molecule has 0 aromatic heterocycles. The van der Waals surface area contributed by atoms with Gasteiger partial charge in [-0.2, -0.15) is 0 Å². The Labute approximate surface area is 213 Å². The molecule has 0 saturated carbocycles. The van der Waals surface area contributed by atoms with E-state index in [1.54, 1.807) is 0 Å². The molecule has 3 nitrogen and oxygen atoms in total. The van der Waals surface area contributed by atoms with Gasteiger partial charge in [0.2, 0.25) is 0 Å². The van der Waals surface area contributed by atoms with Crippen LogP contribution in [-0.4, -0.2) is 19.8 Å². The first kappa shape index (κ1) is 27.5. The molecule has 1 fully saturated rings. The molecule has 0 N–H and O–H groups in total. The third kappa shape index (κ3) is 10.2. The van der Waals surface area contributed by atoms with Gasteiger partial charge in [0, 0.05) is 11.5 Å². The average Bonchev–Trinajstić information content (AvgIpc) is 2.91. The van der Waals surface area contributed by atoms with E-state index in [-0.39, 0.29) is 6.29 Å². The molecule has 2 aromatic rings. The molecule has 0 amide bonds. The molecule has 0 spiro atoms. The Balaban J connectivity index is 1.35. The lowest BCUT2D eigenvalue weighted by Gasteiger charge is -2.29. The number of allylic oxidation sites excluding steroid dienone is 1. The van der Waals surface area contributed by atoms with Crippen LogP contribution in [-0.2, 0) is 9.47 Å². The van der Waals surface area contributed by atoms with Crippen molar-refractivity contribution in [2.45, 2.75) is 90.3 Å². The minimum Gasteiger partial charge on any atom is -0.494 e. The second-order valence-electron chi connectivity index (χ2n) is 9.91. The van der Waals surface area contributed by atoms with Gasteiger partial charge < -0.3 is 14.2 Å². The highest BCUT2D eigenvalue weighted by Gasteiger charge is 2.23. The van der Waals surface area contributed by atoms with Gasteiger partial charge in [-0.25, -0.2) is 0 Å². The number of hydrogen-bond donors (Lipinski definition) is 0. The van der Waals surface area contributed by atoms with Crippen LogP contribution < -0.4 is 4.74 Å². The summed E-state index contributed by atoms with van der Waals surface area (Å²) in [4.78, 5) is 0. The normalized spacial score (nSPS) is 17.9. The van der Waals surface area contributed by atoms with Gasteiger partial charge >= 0.3 is 0 Å². The van der Waals surface area contributed by atoms with Crippen molar-refractivity contribution in [2.75, 3.05) is 19.8 Å². The quantitative estimate of drug-likeness (QED) is 0.167. The van der Waals surface area contributed by atoms with Crippen molar-refractivity contribution >= 4 is 0 Å². The molecule has 3 rings (SSSR count). The summed E-state index contributed by atoms with van der Waals surface area (Å²) >= 11 is 0. The molecular formula is C32H46O3. The molecule has 1 aliphatic rings. The molecule has 0 bridgehead atoms. The van der Waals surface area contributed by atoms with E-state index < -0.39 is 0 Å². The van der Waals surface area contributed by atoms with Crippen LogP contribution in [0.3, 0.4) is 0 Å². The van der Waals surface area contributed by atoms with Crippen molar-refractivity contribution in [3.05, 3.63) is 66.7 Å².